The topological polar surface area (TPSA) is 102 Å². The van der Waals surface area contributed by atoms with E-state index in [4.69, 9.17) is 9.15 Å². The first-order valence-electron chi connectivity index (χ1n) is 9.02. The molecule has 0 aliphatic heterocycles. The lowest BCUT2D eigenvalue weighted by Crippen LogP contribution is -2.14. The van der Waals surface area contributed by atoms with Gasteiger partial charge >= 0.3 is 0 Å². The molecule has 0 aliphatic carbocycles. The summed E-state index contributed by atoms with van der Waals surface area (Å²) in [6.45, 7) is 3.17. The van der Waals surface area contributed by atoms with Crippen molar-refractivity contribution in [3.63, 3.8) is 0 Å². The highest BCUT2D eigenvalue weighted by atomic mass is 32.1. The second-order valence-electron chi connectivity index (χ2n) is 6.42. The number of para-hydroxylation sites is 1. The van der Waals surface area contributed by atoms with Crippen LogP contribution in [0.25, 0.3) is 16.7 Å². The number of ketones is 1. The number of rotatable bonds is 5. The summed E-state index contributed by atoms with van der Waals surface area (Å²) in [5.41, 5.74) is 2.11. The molecule has 0 saturated heterocycles. The zero-order chi connectivity index (χ0) is 21.3. The summed E-state index contributed by atoms with van der Waals surface area (Å²) in [5.74, 6) is 0.256. The SMILES string of the molecule is COc1c(/C(C)=N/N=c2\sc(C(C)=O)nn2-c2ccccc2)c(O)cc2occc12. The van der Waals surface area contributed by atoms with E-state index in [0.29, 0.717) is 32.4 Å². The molecule has 2 aromatic carbocycles. The van der Waals surface area contributed by atoms with Crippen molar-refractivity contribution in [2.24, 2.45) is 10.2 Å². The zero-order valence-electron chi connectivity index (χ0n) is 16.5. The summed E-state index contributed by atoms with van der Waals surface area (Å²) in [5, 5.41) is 24.5. The van der Waals surface area contributed by atoms with Crippen molar-refractivity contribution in [3.8, 4) is 17.2 Å². The summed E-state index contributed by atoms with van der Waals surface area (Å²) in [6, 6.07) is 12.6. The number of Topliss-reactive ketones (excluding diaryl/α,β-unsaturated/α-hetero) is 1. The van der Waals surface area contributed by atoms with Gasteiger partial charge in [0.05, 0.1) is 35.7 Å². The van der Waals surface area contributed by atoms with Crippen LogP contribution in [0.15, 0.2) is 63.3 Å². The Labute approximate surface area is 175 Å². The first kappa shape index (κ1) is 19.6. The van der Waals surface area contributed by atoms with Gasteiger partial charge in [-0.3, -0.25) is 4.79 Å². The average molecular weight is 422 g/mol. The van der Waals surface area contributed by atoms with Crippen LogP contribution in [-0.2, 0) is 0 Å². The van der Waals surface area contributed by atoms with E-state index in [9.17, 15) is 9.90 Å². The number of methoxy groups -OCH3 is 1. The van der Waals surface area contributed by atoms with Crippen LogP contribution in [0.1, 0.15) is 29.2 Å². The van der Waals surface area contributed by atoms with Gasteiger partial charge in [0.2, 0.25) is 4.80 Å². The van der Waals surface area contributed by atoms with E-state index in [1.54, 1.807) is 17.7 Å². The molecule has 0 aliphatic rings. The maximum Gasteiger partial charge on any atom is 0.233 e. The number of carbonyl (C=O) groups excluding carboxylic acids is 1. The molecule has 0 spiro atoms. The minimum atomic E-state index is -0.156. The lowest BCUT2D eigenvalue weighted by Gasteiger charge is -2.10. The van der Waals surface area contributed by atoms with Gasteiger partial charge in [-0.25, -0.2) is 4.68 Å². The molecule has 2 aromatic heterocycles. The van der Waals surface area contributed by atoms with E-state index in [1.165, 1.54) is 26.4 Å². The molecule has 0 atom stereocenters. The fourth-order valence-electron chi connectivity index (χ4n) is 3.02. The first-order chi connectivity index (χ1) is 14.5. The van der Waals surface area contributed by atoms with Crippen molar-refractivity contribution in [1.29, 1.82) is 0 Å². The Balaban J connectivity index is 1.87. The molecule has 4 rings (SSSR count). The molecule has 0 bridgehead atoms. The van der Waals surface area contributed by atoms with Crippen molar-refractivity contribution in [2.45, 2.75) is 13.8 Å². The minimum Gasteiger partial charge on any atom is -0.507 e. The standard InChI is InChI=1S/C21H18N4O4S/c1-12(18-16(27)11-17-15(9-10-29-17)19(18)28-3)22-23-21-25(14-7-5-4-6-8-14)24-20(30-21)13(2)26/h4-11,27H,1-3H3/b22-12+,23-21-. The third-order valence-corrected chi connectivity index (χ3v) is 5.40. The monoisotopic (exact) mass is 422 g/mol. The van der Waals surface area contributed by atoms with Gasteiger partial charge in [-0.05, 0) is 25.1 Å². The molecule has 0 radical (unpaired) electrons. The number of phenolic OH excluding ortho intramolecular Hbond substituents is 1. The van der Waals surface area contributed by atoms with Gasteiger partial charge in [-0.2, -0.15) is 10.2 Å². The van der Waals surface area contributed by atoms with Crippen LogP contribution in [0.4, 0.5) is 0 Å². The van der Waals surface area contributed by atoms with Gasteiger partial charge in [0, 0.05) is 13.0 Å². The number of nitrogens with zero attached hydrogens (tertiary/aromatic N) is 4. The number of furan rings is 1. The highest BCUT2D eigenvalue weighted by Gasteiger charge is 2.18. The number of aromatic nitrogens is 2. The molecule has 30 heavy (non-hydrogen) atoms. The summed E-state index contributed by atoms with van der Waals surface area (Å²) >= 11 is 1.14. The van der Waals surface area contributed by atoms with Crippen molar-refractivity contribution in [2.75, 3.05) is 7.11 Å². The van der Waals surface area contributed by atoms with Crippen LogP contribution in [0.2, 0.25) is 0 Å². The number of hydrogen-bond donors (Lipinski definition) is 1. The second kappa shape index (κ2) is 7.96. The predicted octanol–water partition coefficient (Wildman–Crippen LogP) is 3.92. The number of ether oxygens (including phenoxy) is 1. The Morgan fingerprint density at radius 2 is 2.00 bits per heavy atom. The fraction of sp³-hybridized carbons (Fsp3) is 0.143. The highest BCUT2D eigenvalue weighted by Crippen LogP contribution is 2.37. The predicted molar refractivity (Wildman–Crippen MR) is 114 cm³/mol. The fourth-order valence-corrected chi connectivity index (χ4v) is 3.78. The Morgan fingerprint density at radius 3 is 2.70 bits per heavy atom. The van der Waals surface area contributed by atoms with Crippen LogP contribution in [0.3, 0.4) is 0 Å². The van der Waals surface area contributed by atoms with Crippen LogP contribution < -0.4 is 9.54 Å². The van der Waals surface area contributed by atoms with Crippen LogP contribution in [0, 0.1) is 0 Å². The van der Waals surface area contributed by atoms with E-state index in [1.807, 2.05) is 30.3 Å². The van der Waals surface area contributed by atoms with Crippen LogP contribution >= 0.6 is 11.3 Å². The molecular weight excluding hydrogens is 404 g/mol. The first-order valence-corrected chi connectivity index (χ1v) is 9.83. The molecule has 8 nitrogen and oxygen atoms in total. The number of fused-ring (bicyclic) bond motifs is 1. The van der Waals surface area contributed by atoms with Gasteiger partial charge in [0.25, 0.3) is 0 Å². The van der Waals surface area contributed by atoms with E-state index in [0.717, 1.165) is 22.4 Å². The molecule has 9 heteroatoms. The lowest BCUT2D eigenvalue weighted by atomic mass is 10.1. The highest BCUT2D eigenvalue weighted by molar-refractivity contribution is 7.10. The number of carbonyl (C=O) groups is 1. The largest absolute Gasteiger partial charge is 0.507 e. The molecule has 0 amide bonds. The molecule has 152 valence electrons. The minimum absolute atomic E-state index is 0.0320. The van der Waals surface area contributed by atoms with Crippen molar-refractivity contribution >= 4 is 33.8 Å². The normalized spacial score (nSPS) is 12.5. The van der Waals surface area contributed by atoms with E-state index >= 15 is 0 Å². The van der Waals surface area contributed by atoms with Crippen LogP contribution in [0.5, 0.6) is 11.5 Å². The second-order valence-corrected chi connectivity index (χ2v) is 7.37. The van der Waals surface area contributed by atoms with Gasteiger partial charge < -0.3 is 14.3 Å². The van der Waals surface area contributed by atoms with Crippen molar-refractivity contribution < 1.29 is 19.1 Å². The van der Waals surface area contributed by atoms with Crippen molar-refractivity contribution in [1.82, 2.24) is 9.78 Å². The Bertz CT molecular complexity index is 1330. The molecular formula is C21H18N4O4S. The number of hydrogen-bond acceptors (Lipinski definition) is 8. The number of benzene rings is 2. The zero-order valence-corrected chi connectivity index (χ0v) is 17.3. The van der Waals surface area contributed by atoms with Gasteiger partial charge in [-0.15, -0.1) is 5.10 Å². The molecule has 2 heterocycles. The smallest absolute Gasteiger partial charge is 0.233 e. The summed E-state index contributed by atoms with van der Waals surface area (Å²) in [4.78, 5) is 12.3. The Hall–Kier alpha value is -3.72. The number of aromatic hydroxyl groups is 1. The third-order valence-electron chi connectivity index (χ3n) is 4.40. The molecule has 0 fully saturated rings. The molecule has 4 aromatic rings. The third kappa shape index (κ3) is 3.50. The van der Waals surface area contributed by atoms with Gasteiger partial charge in [0.1, 0.15) is 17.1 Å². The van der Waals surface area contributed by atoms with E-state index in [2.05, 4.69) is 15.3 Å². The van der Waals surface area contributed by atoms with E-state index < -0.39 is 0 Å². The summed E-state index contributed by atoms with van der Waals surface area (Å²) in [6.07, 6.45) is 1.52. The molecule has 0 saturated carbocycles. The maximum absolute atomic E-state index is 11.8. The summed E-state index contributed by atoms with van der Waals surface area (Å²) in [7, 11) is 1.51. The summed E-state index contributed by atoms with van der Waals surface area (Å²) < 4.78 is 12.4. The van der Waals surface area contributed by atoms with E-state index in [-0.39, 0.29) is 11.5 Å². The Morgan fingerprint density at radius 1 is 1.23 bits per heavy atom. The lowest BCUT2D eigenvalue weighted by molar-refractivity contribution is 0.101. The number of phenols is 1. The maximum atomic E-state index is 11.8. The van der Waals surface area contributed by atoms with Gasteiger partial charge in [-0.1, -0.05) is 29.5 Å². The Kier molecular flexibility index (Phi) is 5.20. The average Bonchev–Trinajstić information content (AvgIpc) is 3.38. The van der Waals surface area contributed by atoms with Crippen LogP contribution in [-0.4, -0.2) is 33.5 Å². The van der Waals surface area contributed by atoms with Gasteiger partial charge in [0.15, 0.2) is 10.8 Å². The quantitative estimate of drug-likeness (QED) is 0.298. The van der Waals surface area contributed by atoms with Crippen molar-refractivity contribution in [3.05, 3.63) is 64.1 Å². The molecule has 1 N–H and O–H groups in total. The molecule has 0 unspecified atom stereocenters.